The predicted octanol–water partition coefficient (Wildman–Crippen LogP) is 3.30. The van der Waals surface area contributed by atoms with Gasteiger partial charge in [0.25, 0.3) is 5.56 Å². The van der Waals surface area contributed by atoms with Crippen LogP contribution in [0.3, 0.4) is 0 Å². The molecule has 1 fully saturated rings. The minimum absolute atomic E-state index is 0.0285. The van der Waals surface area contributed by atoms with Gasteiger partial charge in [0.2, 0.25) is 10.0 Å². The lowest BCUT2D eigenvalue weighted by Gasteiger charge is -2.42. The molecule has 2 aromatic carbocycles. The summed E-state index contributed by atoms with van der Waals surface area (Å²) >= 11 is 0. The molecule has 5 rings (SSSR count). The van der Waals surface area contributed by atoms with E-state index in [-0.39, 0.29) is 28.8 Å². The third kappa shape index (κ3) is 4.17. The number of amides is 2. The third-order valence-corrected chi connectivity index (χ3v) is 8.06. The highest BCUT2D eigenvalue weighted by Crippen LogP contribution is 2.40. The molecule has 2 bridgehead atoms. The van der Waals surface area contributed by atoms with Crippen molar-refractivity contribution in [2.45, 2.75) is 23.8 Å². The van der Waals surface area contributed by atoms with Crippen LogP contribution in [0, 0.1) is 5.92 Å². The second kappa shape index (κ2) is 8.49. The maximum absolute atomic E-state index is 13.2. The van der Waals surface area contributed by atoms with Gasteiger partial charge in [0, 0.05) is 43.0 Å². The molecule has 2 amide bonds. The number of piperidine rings is 1. The van der Waals surface area contributed by atoms with E-state index >= 15 is 0 Å². The molecule has 2 unspecified atom stereocenters. The van der Waals surface area contributed by atoms with Gasteiger partial charge in [-0.3, -0.25) is 4.79 Å². The number of rotatable bonds is 4. The average Bonchev–Trinajstić information content (AvgIpc) is 2.82. The minimum atomic E-state index is -3.65. The Morgan fingerprint density at radius 2 is 1.55 bits per heavy atom. The first-order valence-electron chi connectivity index (χ1n) is 10.8. The monoisotopic (exact) mass is 464 g/mol. The van der Waals surface area contributed by atoms with Crippen LogP contribution in [0.1, 0.15) is 18.0 Å². The summed E-state index contributed by atoms with van der Waals surface area (Å²) in [5.41, 5.74) is 1.70. The van der Waals surface area contributed by atoms with E-state index in [1.54, 1.807) is 53.1 Å². The number of nitrogens with one attached hydrogen (secondary N) is 2. The van der Waals surface area contributed by atoms with Crippen molar-refractivity contribution < 1.29 is 13.2 Å². The minimum Gasteiger partial charge on any atom is -0.310 e. The number of benzene rings is 2. The molecule has 170 valence electrons. The SMILES string of the molecule is O=C(Nc1ccccc1)Nc1ccc(=O)n2c1C1CC(CN(S(=O)(=O)c3ccccc3)C1)C2. The van der Waals surface area contributed by atoms with Gasteiger partial charge in [0.1, 0.15) is 0 Å². The molecule has 3 heterocycles. The lowest BCUT2D eigenvalue weighted by molar-refractivity contribution is 0.187. The van der Waals surface area contributed by atoms with Gasteiger partial charge in [0.15, 0.2) is 0 Å². The number of sulfonamides is 1. The summed E-state index contributed by atoms with van der Waals surface area (Å²) in [4.78, 5) is 25.5. The summed E-state index contributed by atoms with van der Waals surface area (Å²) in [6, 6.07) is 20.1. The quantitative estimate of drug-likeness (QED) is 0.619. The van der Waals surface area contributed by atoms with E-state index < -0.39 is 16.1 Å². The van der Waals surface area contributed by atoms with Crippen LogP contribution in [0.5, 0.6) is 0 Å². The number of hydrogen-bond acceptors (Lipinski definition) is 4. The number of para-hydroxylation sites is 1. The number of anilines is 2. The highest BCUT2D eigenvalue weighted by molar-refractivity contribution is 7.89. The molecule has 0 spiro atoms. The van der Waals surface area contributed by atoms with E-state index in [9.17, 15) is 18.0 Å². The number of carbonyl (C=O) groups is 1. The molecule has 2 aliphatic rings. The maximum atomic E-state index is 13.2. The van der Waals surface area contributed by atoms with Gasteiger partial charge in [-0.05, 0) is 42.7 Å². The van der Waals surface area contributed by atoms with Crippen LogP contribution in [0.2, 0.25) is 0 Å². The summed E-state index contributed by atoms with van der Waals surface area (Å²) in [6.07, 6.45) is 0.763. The van der Waals surface area contributed by atoms with E-state index in [0.717, 1.165) is 6.42 Å². The fourth-order valence-corrected chi connectivity index (χ4v) is 6.40. The molecule has 8 nitrogen and oxygen atoms in total. The number of fused-ring (bicyclic) bond motifs is 4. The predicted molar refractivity (Wildman–Crippen MR) is 126 cm³/mol. The fourth-order valence-electron chi connectivity index (χ4n) is 4.82. The molecule has 33 heavy (non-hydrogen) atoms. The zero-order valence-corrected chi connectivity index (χ0v) is 18.7. The van der Waals surface area contributed by atoms with Crippen molar-refractivity contribution in [1.82, 2.24) is 8.87 Å². The maximum Gasteiger partial charge on any atom is 0.323 e. The Bertz CT molecular complexity index is 1340. The normalized spacial score (nSPS) is 20.0. The van der Waals surface area contributed by atoms with Crippen LogP contribution >= 0.6 is 0 Å². The van der Waals surface area contributed by atoms with Crippen LogP contribution in [0.4, 0.5) is 16.2 Å². The molecule has 0 aliphatic carbocycles. The Balaban J connectivity index is 1.44. The summed E-state index contributed by atoms with van der Waals surface area (Å²) in [5.74, 6) is -0.169. The number of pyridine rings is 1. The molecule has 2 atom stereocenters. The van der Waals surface area contributed by atoms with E-state index in [1.807, 2.05) is 18.2 Å². The largest absolute Gasteiger partial charge is 0.323 e. The topological polar surface area (TPSA) is 101 Å². The van der Waals surface area contributed by atoms with Crippen LogP contribution in [0.15, 0.2) is 82.5 Å². The Morgan fingerprint density at radius 1 is 0.848 bits per heavy atom. The third-order valence-electron chi connectivity index (χ3n) is 6.22. The van der Waals surface area contributed by atoms with E-state index in [4.69, 9.17) is 0 Å². The Morgan fingerprint density at radius 3 is 2.27 bits per heavy atom. The second-order valence-electron chi connectivity index (χ2n) is 8.46. The average molecular weight is 465 g/mol. The number of carbonyl (C=O) groups excluding carboxylic acids is 1. The summed E-state index contributed by atoms with van der Waals surface area (Å²) < 4.78 is 29.7. The van der Waals surface area contributed by atoms with E-state index in [1.165, 1.54) is 10.4 Å². The number of nitrogens with zero attached hydrogens (tertiary/aromatic N) is 2. The first kappa shape index (κ1) is 21.4. The van der Waals surface area contributed by atoms with Crippen molar-refractivity contribution in [3.63, 3.8) is 0 Å². The van der Waals surface area contributed by atoms with Crippen molar-refractivity contribution in [1.29, 1.82) is 0 Å². The highest BCUT2D eigenvalue weighted by Gasteiger charge is 2.40. The van der Waals surface area contributed by atoms with Crippen LogP contribution in [-0.2, 0) is 16.6 Å². The standard InChI is InChI=1S/C24H24N4O4S/c29-22-12-11-21(26-24(30)25-19-7-3-1-4-8-19)23-18-13-17(15-28(22)23)14-27(16-18)33(31,32)20-9-5-2-6-10-20/h1-12,17-18H,13-16H2,(H2,25,26,30). The van der Waals surface area contributed by atoms with E-state index in [0.29, 0.717) is 30.2 Å². The van der Waals surface area contributed by atoms with Gasteiger partial charge in [-0.25, -0.2) is 13.2 Å². The molecular formula is C24H24N4O4S. The zero-order chi connectivity index (χ0) is 23.0. The van der Waals surface area contributed by atoms with Crippen molar-refractivity contribution in [2.75, 3.05) is 23.7 Å². The molecule has 1 aromatic heterocycles. The summed E-state index contributed by atoms with van der Waals surface area (Å²) in [6.45, 7) is 1.04. The molecule has 2 N–H and O–H groups in total. The molecule has 2 aliphatic heterocycles. The van der Waals surface area contributed by atoms with Crippen molar-refractivity contribution >= 4 is 27.4 Å². The lowest BCUT2D eigenvalue weighted by Crippen LogP contribution is -2.49. The van der Waals surface area contributed by atoms with Crippen molar-refractivity contribution in [3.8, 4) is 0 Å². The Labute approximate surface area is 191 Å². The van der Waals surface area contributed by atoms with Crippen LogP contribution in [-0.4, -0.2) is 36.4 Å². The van der Waals surface area contributed by atoms with Crippen LogP contribution < -0.4 is 16.2 Å². The van der Waals surface area contributed by atoms with Gasteiger partial charge in [-0.1, -0.05) is 36.4 Å². The fraction of sp³-hybridized carbons (Fsp3) is 0.250. The molecule has 0 radical (unpaired) electrons. The van der Waals surface area contributed by atoms with Crippen molar-refractivity contribution in [2.24, 2.45) is 5.92 Å². The number of hydrogen-bond donors (Lipinski definition) is 2. The summed E-state index contributed by atoms with van der Waals surface area (Å²) in [7, 11) is -3.65. The molecule has 1 saturated heterocycles. The highest BCUT2D eigenvalue weighted by atomic mass is 32.2. The lowest BCUT2D eigenvalue weighted by atomic mass is 9.83. The summed E-state index contributed by atoms with van der Waals surface area (Å²) in [5, 5.41) is 5.63. The van der Waals surface area contributed by atoms with E-state index in [2.05, 4.69) is 10.6 Å². The second-order valence-corrected chi connectivity index (χ2v) is 10.4. The first-order valence-corrected chi connectivity index (χ1v) is 12.3. The zero-order valence-electron chi connectivity index (χ0n) is 17.8. The Kier molecular flexibility index (Phi) is 5.51. The molecular weight excluding hydrogens is 440 g/mol. The van der Waals surface area contributed by atoms with Gasteiger partial charge in [-0.2, -0.15) is 4.31 Å². The van der Waals surface area contributed by atoms with Gasteiger partial charge in [-0.15, -0.1) is 0 Å². The molecule has 9 heteroatoms. The molecule has 0 saturated carbocycles. The molecule has 3 aromatic rings. The van der Waals surface area contributed by atoms with Crippen LogP contribution in [0.25, 0.3) is 0 Å². The van der Waals surface area contributed by atoms with Gasteiger partial charge in [0.05, 0.1) is 10.6 Å². The van der Waals surface area contributed by atoms with Gasteiger partial charge < -0.3 is 15.2 Å². The first-order chi connectivity index (χ1) is 15.9. The number of urea groups is 1. The smallest absolute Gasteiger partial charge is 0.310 e. The number of aromatic nitrogens is 1. The van der Waals surface area contributed by atoms with Gasteiger partial charge >= 0.3 is 6.03 Å². The van der Waals surface area contributed by atoms with Crippen molar-refractivity contribution in [3.05, 3.63) is 88.8 Å². The Hall–Kier alpha value is -3.43.